The summed E-state index contributed by atoms with van der Waals surface area (Å²) < 4.78 is 49.8. The van der Waals surface area contributed by atoms with Crippen molar-refractivity contribution in [2.24, 2.45) is 7.05 Å². The van der Waals surface area contributed by atoms with Gasteiger partial charge in [0.2, 0.25) is 10.0 Å². The molecule has 10 heteroatoms. The van der Waals surface area contributed by atoms with Crippen molar-refractivity contribution in [3.8, 4) is 0 Å². The Balaban J connectivity index is 1.64. The fraction of sp³-hybridized carbons (Fsp3) is 0.333. The molecule has 0 unspecified atom stereocenters. The zero-order valence-electron chi connectivity index (χ0n) is 19.2. The number of benzene rings is 2. The number of carbonyl (C=O) groups excluding carboxylic acids is 1. The first-order valence-corrected chi connectivity index (χ1v) is 12.4. The summed E-state index contributed by atoms with van der Waals surface area (Å²) in [5, 5.41) is 2.82. The third-order valence-corrected chi connectivity index (χ3v) is 7.56. The number of aromatic nitrogens is 2. The highest BCUT2D eigenvalue weighted by Gasteiger charge is 2.33. The second kappa shape index (κ2) is 9.65. The minimum absolute atomic E-state index is 0.0147. The van der Waals surface area contributed by atoms with Crippen LogP contribution in [0.1, 0.15) is 41.6 Å². The van der Waals surface area contributed by atoms with Crippen LogP contribution in [0.4, 0.5) is 4.39 Å². The first-order chi connectivity index (χ1) is 16.2. The van der Waals surface area contributed by atoms with Crippen molar-refractivity contribution < 1.29 is 22.3 Å². The van der Waals surface area contributed by atoms with Crippen LogP contribution in [0, 0.1) is 5.82 Å². The molecule has 1 N–H and O–H groups in total. The summed E-state index contributed by atoms with van der Waals surface area (Å²) in [6.07, 6.45) is 2.80. The molecule has 1 aliphatic heterocycles. The smallest absolute Gasteiger partial charge is 0.252 e. The maximum atomic E-state index is 14.6. The molecule has 180 valence electrons. The van der Waals surface area contributed by atoms with Crippen molar-refractivity contribution in [3.63, 3.8) is 0 Å². The van der Waals surface area contributed by atoms with Crippen molar-refractivity contribution in [1.82, 2.24) is 19.2 Å². The lowest BCUT2D eigenvalue weighted by Gasteiger charge is -2.34. The molecule has 1 fully saturated rings. The van der Waals surface area contributed by atoms with Gasteiger partial charge in [-0.3, -0.25) is 4.79 Å². The van der Waals surface area contributed by atoms with Gasteiger partial charge in [0.15, 0.2) is 0 Å². The van der Waals surface area contributed by atoms with Gasteiger partial charge >= 0.3 is 0 Å². The topological polar surface area (TPSA) is 93.5 Å². The number of morpholine rings is 1. The minimum Gasteiger partial charge on any atom is -0.373 e. The number of aryl methyl sites for hydroxylation is 1. The van der Waals surface area contributed by atoms with Gasteiger partial charge in [-0.05, 0) is 38.1 Å². The molecular formula is C24H27FN4O4S. The Morgan fingerprint density at radius 1 is 1.15 bits per heavy atom. The van der Waals surface area contributed by atoms with Crippen LogP contribution in [0.25, 0.3) is 0 Å². The van der Waals surface area contributed by atoms with Crippen molar-refractivity contribution in [3.05, 3.63) is 83.7 Å². The summed E-state index contributed by atoms with van der Waals surface area (Å²) in [4.78, 5) is 17.5. The Bertz CT molecular complexity index is 1280. The number of amides is 1. The standard InChI is InChI=1S/C24H27FN4O4S/c1-16-14-29(15-17(2)33-16)34(31,32)19-8-6-7-18(13-19)24(30)27-22(23-26-11-12-28(23)3)20-9-4-5-10-21(20)25/h4-13,16-17,22H,14-15H2,1-3H3,(H,27,30)/t16-,17-,22+/m1/s1. The van der Waals surface area contributed by atoms with Gasteiger partial charge in [-0.1, -0.05) is 24.3 Å². The minimum atomic E-state index is -3.82. The number of hydrogen-bond donors (Lipinski definition) is 1. The highest BCUT2D eigenvalue weighted by molar-refractivity contribution is 7.89. The van der Waals surface area contributed by atoms with E-state index in [1.165, 1.54) is 34.6 Å². The molecule has 0 aliphatic carbocycles. The fourth-order valence-electron chi connectivity index (χ4n) is 4.13. The molecule has 4 rings (SSSR count). The third-order valence-electron chi connectivity index (χ3n) is 5.73. The quantitative estimate of drug-likeness (QED) is 0.578. The normalized spacial score (nSPS) is 20.1. The Labute approximate surface area is 198 Å². The summed E-state index contributed by atoms with van der Waals surface area (Å²) in [7, 11) is -2.07. The Kier molecular flexibility index (Phi) is 6.83. The van der Waals surface area contributed by atoms with Crippen LogP contribution in [0.5, 0.6) is 0 Å². The first-order valence-electron chi connectivity index (χ1n) is 10.9. The largest absolute Gasteiger partial charge is 0.373 e. The van der Waals surface area contributed by atoms with Gasteiger partial charge in [0.1, 0.15) is 17.7 Å². The van der Waals surface area contributed by atoms with Crippen molar-refractivity contribution in [2.45, 2.75) is 37.0 Å². The monoisotopic (exact) mass is 486 g/mol. The van der Waals surface area contributed by atoms with E-state index in [1.807, 2.05) is 13.8 Å². The Morgan fingerprint density at radius 3 is 2.50 bits per heavy atom. The maximum Gasteiger partial charge on any atom is 0.252 e. The van der Waals surface area contributed by atoms with Crippen LogP contribution in [0.2, 0.25) is 0 Å². The van der Waals surface area contributed by atoms with Crippen LogP contribution in [0.15, 0.2) is 65.8 Å². The lowest BCUT2D eigenvalue weighted by atomic mass is 10.0. The van der Waals surface area contributed by atoms with Crippen LogP contribution in [-0.4, -0.2) is 53.5 Å². The highest BCUT2D eigenvalue weighted by atomic mass is 32.2. The summed E-state index contributed by atoms with van der Waals surface area (Å²) in [6.45, 7) is 4.11. The number of sulfonamides is 1. The van der Waals surface area contributed by atoms with E-state index in [1.54, 1.807) is 42.2 Å². The molecule has 1 saturated heterocycles. The summed E-state index contributed by atoms with van der Waals surface area (Å²) in [5.74, 6) is -0.585. The van der Waals surface area contributed by atoms with E-state index < -0.39 is 27.8 Å². The molecule has 0 spiro atoms. The zero-order chi connectivity index (χ0) is 24.5. The third kappa shape index (κ3) is 4.89. The maximum absolute atomic E-state index is 14.6. The molecule has 0 radical (unpaired) electrons. The van der Waals surface area contributed by atoms with Gasteiger partial charge in [-0.15, -0.1) is 0 Å². The van der Waals surface area contributed by atoms with Crippen molar-refractivity contribution in [1.29, 1.82) is 0 Å². The predicted molar refractivity (Wildman–Crippen MR) is 124 cm³/mol. The average Bonchev–Trinajstić information content (AvgIpc) is 3.23. The fourth-order valence-corrected chi connectivity index (χ4v) is 5.77. The summed E-state index contributed by atoms with van der Waals surface area (Å²) in [5.41, 5.74) is 0.399. The Morgan fingerprint density at radius 2 is 1.85 bits per heavy atom. The molecule has 0 saturated carbocycles. The van der Waals surface area contributed by atoms with Gasteiger partial charge in [-0.2, -0.15) is 4.31 Å². The number of rotatable bonds is 6. The number of nitrogens with one attached hydrogen (secondary N) is 1. The van der Waals surface area contributed by atoms with Gasteiger partial charge < -0.3 is 14.6 Å². The molecule has 1 aliphatic rings. The molecule has 3 atom stereocenters. The number of nitrogens with zero attached hydrogens (tertiary/aromatic N) is 3. The summed E-state index contributed by atoms with van der Waals surface area (Å²) in [6, 6.07) is 11.1. The molecule has 1 aromatic heterocycles. The molecule has 0 bridgehead atoms. The number of halogens is 1. The Hall–Kier alpha value is -3.08. The molecule has 1 amide bonds. The number of hydrogen-bond acceptors (Lipinski definition) is 5. The van der Waals surface area contributed by atoms with E-state index in [0.717, 1.165) is 0 Å². The second-order valence-corrected chi connectivity index (χ2v) is 10.4. The molecular weight excluding hydrogens is 459 g/mol. The molecule has 2 aromatic carbocycles. The van der Waals surface area contributed by atoms with Crippen LogP contribution >= 0.6 is 0 Å². The number of imidazole rings is 1. The molecule has 2 heterocycles. The van der Waals surface area contributed by atoms with E-state index in [9.17, 15) is 17.6 Å². The first kappa shape index (κ1) is 24.1. The molecule has 3 aromatic rings. The van der Waals surface area contributed by atoms with Crippen LogP contribution in [-0.2, 0) is 21.8 Å². The SMILES string of the molecule is C[C@@H]1CN(S(=O)(=O)c2cccc(C(=O)N[C@@H](c3ccccc3F)c3nccn3C)c2)C[C@@H](C)O1. The molecule has 34 heavy (non-hydrogen) atoms. The highest BCUT2D eigenvalue weighted by Crippen LogP contribution is 2.25. The number of ether oxygens (including phenoxy) is 1. The van der Waals surface area contributed by atoms with Crippen molar-refractivity contribution in [2.75, 3.05) is 13.1 Å². The lowest BCUT2D eigenvalue weighted by Crippen LogP contribution is -2.48. The van der Waals surface area contributed by atoms with E-state index in [-0.39, 0.29) is 41.3 Å². The van der Waals surface area contributed by atoms with Gasteiger partial charge in [-0.25, -0.2) is 17.8 Å². The van der Waals surface area contributed by atoms with Gasteiger partial charge in [0.25, 0.3) is 5.91 Å². The van der Waals surface area contributed by atoms with E-state index in [2.05, 4.69) is 10.3 Å². The summed E-state index contributed by atoms with van der Waals surface area (Å²) >= 11 is 0. The van der Waals surface area contributed by atoms with Gasteiger partial charge in [0.05, 0.1) is 17.1 Å². The van der Waals surface area contributed by atoms with Crippen LogP contribution < -0.4 is 5.32 Å². The van der Waals surface area contributed by atoms with Crippen molar-refractivity contribution >= 4 is 15.9 Å². The predicted octanol–water partition coefficient (Wildman–Crippen LogP) is 2.88. The molecule has 8 nitrogen and oxygen atoms in total. The van der Waals surface area contributed by atoms with E-state index in [4.69, 9.17) is 4.74 Å². The average molecular weight is 487 g/mol. The van der Waals surface area contributed by atoms with E-state index >= 15 is 0 Å². The lowest BCUT2D eigenvalue weighted by molar-refractivity contribution is -0.0440. The second-order valence-electron chi connectivity index (χ2n) is 8.43. The number of carbonyl (C=O) groups is 1. The van der Waals surface area contributed by atoms with Gasteiger partial charge in [0, 0.05) is 43.7 Å². The van der Waals surface area contributed by atoms with Crippen LogP contribution in [0.3, 0.4) is 0 Å². The zero-order valence-corrected chi connectivity index (χ0v) is 20.0. The van der Waals surface area contributed by atoms with E-state index in [0.29, 0.717) is 5.82 Å².